The van der Waals surface area contributed by atoms with E-state index in [1.807, 2.05) is 12.1 Å². The number of sulfonamides is 1. The van der Waals surface area contributed by atoms with Gasteiger partial charge < -0.3 is 4.74 Å². The molecule has 0 bridgehead atoms. The maximum absolute atomic E-state index is 12.4. The van der Waals surface area contributed by atoms with E-state index in [2.05, 4.69) is 11.7 Å². The number of hydrogen-bond donors (Lipinski definition) is 0. The summed E-state index contributed by atoms with van der Waals surface area (Å²) in [5.41, 5.74) is 1.15. The number of benzene rings is 1. The van der Waals surface area contributed by atoms with E-state index < -0.39 is 22.0 Å². The van der Waals surface area contributed by atoms with Crippen LogP contribution in [-0.2, 0) is 26.0 Å². The molecule has 2 rings (SSSR count). The Morgan fingerprint density at radius 3 is 2.38 bits per heavy atom. The molecule has 1 aromatic rings. The molecular weight excluding hydrogens is 326 g/mol. The predicted octanol–water partition coefficient (Wildman–Crippen LogP) is 3.14. The Bertz CT molecular complexity index is 639. The zero-order valence-electron chi connectivity index (χ0n) is 14.5. The van der Waals surface area contributed by atoms with Crippen LogP contribution in [0.25, 0.3) is 0 Å². The van der Waals surface area contributed by atoms with Crippen LogP contribution in [0.1, 0.15) is 51.0 Å². The molecule has 1 aliphatic heterocycles. The van der Waals surface area contributed by atoms with Crippen LogP contribution in [0.3, 0.4) is 0 Å². The molecule has 0 aromatic heterocycles. The average Bonchev–Trinajstić information content (AvgIpc) is 3.39. The lowest BCUT2D eigenvalue weighted by Gasteiger charge is -2.07. The molecule has 134 valence electrons. The van der Waals surface area contributed by atoms with Crippen LogP contribution in [0.5, 0.6) is 0 Å². The van der Waals surface area contributed by atoms with Crippen molar-refractivity contribution in [1.82, 2.24) is 4.31 Å². The lowest BCUT2D eigenvalue weighted by molar-refractivity contribution is -0.140. The van der Waals surface area contributed by atoms with Crippen molar-refractivity contribution in [3.8, 4) is 0 Å². The smallest absolute Gasteiger partial charge is 0.325 e. The highest BCUT2D eigenvalue weighted by molar-refractivity contribution is 7.89. The van der Waals surface area contributed by atoms with Gasteiger partial charge in [-0.15, -0.1) is 0 Å². The quantitative estimate of drug-likeness (QED) is 0.368. The van der Waals surface area contributed by atoms with Crippen molar-refractivity contribution >= 4 is 16.0 Å². The third-order valence-electron chi connectivity index (χ3n) is 4.39. The van der Waals surface area contributed by atoms with E-state index in [4.69, 9.17) is 0 Å². The number of carbonyl (C=O) groups is 1. The molecule has 0 N–H and O–H groups in total. The first-order chi connectivity index (χ1) is 11.5. The number of hydrogen-bond acceptors (Lipinski definition) is 4. The topological polar surface area (TPSA) is 63.5 Å². The number of nitrogens with zero attached hydrogens (tertiary/aromatic N) is 1. The molecule has 1 aliphatic rings. The lowest BCUT2D eigenvalue weighted by atomic mass is 10.1. The van der Waals surface area contributed by atoms with E-state index in [1.54, 1.807) is 12.1 Å². The van der Waals surface area contributed by atoms with Crippen molar-refractivity contribution in [3.63, 3.8) is 0 Å². The van der Waals surface area contributed by atoms with Crippen molar-refractivity contribution in [1.29, 1.82) is 0 Å². The van der Waals surface area contributed by atoms with Gasteiger partial charge in [0, 0.05) is 6.54 Å². The fourth-order valence-electron chi connectivity index (χ4n) is 2.79. The van der Waals surface area contributed by atoms with Gasteiger partial charge in [0.2, 0.25) is 10.0 Å². The zero-order chi connectivity index (χ0) is 17.6. The Hall–Kier alpha value is -1.40. The molecular formula is C18H27NO4S. The van der Waals surface area contributed by atoms with Crippen molar-refractivity contribution in [2.45, 2.75) is 62.8 Å². The minimum Gasteiger partial charge on any atom is -0.468 e. The Balaban J connectivity index is 1.84. The van der Waals surface area contributed by atoms with Gasteiger partial charge >= 0.3 is 5.97 Å². The van der Waals surface area contributed by atoms with Gasteiger partial charge in [-0.1, -0.05) is 51.2 Å². The third kappa shape index (κ3) is 4.80. The molecule has 24 heavy (non-hydrogen) atoms. The van der Waals surface area contributed by atoms with Gasteiger partial charge in [-0.2, -0.15) is 4.31 Å². The number of unbranched alkanes of at least 4 members (excludes halogenated alkanes) is 5. The SMILES string of the molecule is CCCCCCCCc1ccc(S(=O)(=O)N2CC2C(=O)OC)cc1. The number of ether oxygens (including phenoxy) is 1. The van der Waals surface area contributed by atoms with Crippen molar-refractivity contribution in [2.75, 3.05) is 13.7 Å². The summed E-state index contributed by atoms with van der Waals surface area (Å²) in [5.74, 6) is -0.502. The third-order valence-corrected chi connectivity index (χ3v) is 6.28. The normalized spacial score (nSPS) is 19.9. The summed E-state index contributed by atoms with van der Waals surface area (Å²) in [6.07, 6.45) is 8.44. The Morgan fingerprint density at radius 1 is 1.12 bits per heavy atom. The monoisotopic (exact) mass is 353 g/mol. The molecule has 1 heterocycles. The second-order valence-corrected chi connectivity index (χ2v) is 8.17. The summed E-state index contributed by atoms with van der Waals surface area (Å²) in [6, 6.07) is 6.34. The van der Waals surface area contributed by atoms with Crippen LogP contribution in [0.2, 0.25) is 0 Å². The van der Waals surface area contributed by atoms with Crippen molar-refractivity contribution in [2.24, 2.45) is 0 Å². The average molecular weight is 353 g/mol. The number of esters is 1. The summed E-state index contributed by atoms with van der Waals surface area (Å²) < 4.78 is 30.6. The van der Waals surface area contributed by atoms with Gasteiger partial charge in [0.25, 0.3) is 0 Å². The van der Waals surface area contributed by atoms with Crippen LogP contribution in [-0.4, -0.2) is 38.4 Å². The minimum absolute atomic E-state index is 0.203. The van der Waals surface area contributed by atoms with Crippen LogP contribution in [0.4, 0.5) is 0 Å². The second-order valence-electron chi connectivity index (χ2n) is 6.28. The molecule has 1 saturated heterocycles. The maximum Gasteiger partial charge on any atom is 0.325 e. The fourth-order valence-corrected chi connectivity index (χ4v) is 4.30. The largest absolute Gasteiger partial charge is 0.468 e. The van der Waals surface area contributed by atoms with E-state index in [-0.39, 0.29) is 11.4 Å². The summed E-state index contributed by atoms with van der Waals surface area (Å²) in [4.78, 5) is 11.6. The number of aryl methyl sites for hydroxylation is 1. The highest BCUT2D eigenvalue weighted by atomic mass is 32.2. The molecule has 0 amide bonds. The first-order valence-corrected chi connectivity index (χ1v) is 10.1. The van der Waals surface area contributed by atoms with Crippen LogP contribution >= 0.6 is 0 Å². The molecule has 1 fully saturated rings. The van der Waals surface area contributed by atoms with Crippen molar-refractivity contribution in [3.05, 3.63) is 29.8 Å². The molecule has 2 atom stereocenters. The van der Waals surface area contributed by atoms with E-state index in [1.165, 1.54) is 43.5 Å². The second kappa shape index (κ2) is 8.62. The fraction of sp³-hybridized carbons (Fsp3) is 0.611. The molecule has 6 heteroatoms. The predicted molar refractivity (Wildman–Crippen MR) is 93.2 cm³/mol. The number of carbonyl (C=O) groups excluding carboxylic acids is 1. The van der Waals surface area contributed by atoms with Crippen LogP contribution in [0, 0.1) is 0 Å². The highest BCUT2D eigenvalue weighted by Gasteiger charge is 2.50. The molecule has 0 saturated carbocycles. The maximum atomic E-state index is 12.4. The van der Waals surface area contributed by atoms with Gasteiger partial charge in [-0.3, -0.25) is 4.79 Å². The van der Waals surface area contributed by atoms with Crippen LogP contribution in [0.15, 0.2) is 29.2 Å². The molecule has 5 nitrogen and oxygen atoms in total. The van der Waals surface area contributed by atoms with E-state index in [0.29, 0.717) is 0 Å². The van der Waals surface area contributed by atoms with Gasteiger partial charge in [0.1, 0.15) is 6.04 Å². The van der Waals surface area contributed by atoms with E-state index in [0.717, 1.165) is 18.4 Å². The van der Waals surface area contributed by atoms with Gasteiger partial charge in [-0.05, 0) is 30.5 Å². The molecule has 0 aliphatic carbocycles. The highest BCUT2D eigenvalue weighted by Crippen LogP contribution is 2.29. The Morgan fingerprint density at radius 2 is 1.75 bits per heavy atom. The van der Waals surface area contributed by atoms with Gasteiger partial charge in [0.05, 0.1) is 12.0 Å². The van der Waals surface area contributed by atoms with Crippen molar-refractivity contribution < 1.29 is 17.9 Å². The first kappa shape index (κ1) is 18.9. The summed E-state index contributed by atoms with van der Waals surface area (Å²) in [5, 5.41) is 0. The van der Waals surface area contributed by atoms with Gasteiger partial charge in [0.15, 0.2) is 0 Å². The standard InChI is InChI=1S/C18H27NO4S/c1-3-4-5-6-7-8-9-15-10-12-16(13-11-15)24(21,22)19-14-17(19)18(20)23-2/h10-13,17H,3-9,14H2,1-2H3. The number of methoxy groups -OCH3 is 1. The Kier molecular flexibility index (Phi) is 6.80. The first-order valence-electron chi connectivity index (χ1n) is 8.69. The molecule has 0 radical (unpaired) electrons. The molecule has 0 spiro atoms. The van der Waals surface area contributed by atoms with E-state index in [9.17, 15) is 13.2 Å². The summed E-state index contributed by atoms with van der Waals surface area (Å²) in [7, 11) is -2.32. The molecule has 1 aromatic carbocycles. The van der Waals surface area contributed by atoms with Gasteiger partial charge in [-0.25, -0.2) is 8.42 Å². The Labute approximate surface area is 145 Å². The zero-order valence-corrected chi connectivity index (χ0v) is 15.3. The van der Waals surface area contributed by atoms with Crippen LogP contribution < -0.4 is 0 Å². The summed E-state index contributed by atoms with van der Waals surface area (Å²) in [6.45, 7) is 2.41. The lowest BCUT2D eigenvalue weighted by Crippen LogP contribution is -2.20. The summed E-state index contributed by atoms with van der Waals surface area (Å²) >= 11 is 0. The minimum atomic E-state index is -3.59. The number of rotatable bonds is 10. The van der Waals surface area contributed by atoms with E-state index >= 15 is 0 Å². The molecule has 2 unspecified atom stereocenters.